The fraction of sp³-hybridized carbons (Fsp3) is 0.136. The lowest BCUT2D eigenvalue weighted by molar-refractivity contribution is 0.0743. The lowest BCUT2D eigenvalue weighted by Crippen LogP contribution is -2.30. The molecule has 1 unspecified atom stereocenters. The van der Waals surface area contributed by atoms with Gasteiger partial charge in [0.1, 0.15) is 0 Å². The topological polar surface area (TPSA) is 66.5 Å². The second kappa shape index (κ2) is 8.27. The molecule has 0 spiro atoms. The molecule has 6 heteroatoms. The van der Waals surface area contributed by atoms with Gasteiger partial charge in [-0.15, -0.1) is 0 Å². The van der Waals surface area contributed by atoms with Crippen molar-refractivity contribution in [2.45, 2.75) is 17.9 Å². The van der Waals surface area contributed by atoms with Crippen LogP contribution >= 0.6 is 0 Å². The Labute approximate surface area is 165 Å². The Morgan fingerprint density at radius 3 is 2.04 bits per heavy atom. The average molecular weight is 394 g/mol. The second-order valence-electron chi connectivity index (χ2n) is 6.47. The van der Waals surface area contributed by atoms with E-state index in [0.29, 0.717) is 5.56 Å². The number of hydrogen-bond donors (Lipinski definition) is 1. The molecule has 0 aliphatic heterocycles. The number of rotatable bonds is 6. The number of benzene rings is 3. The molecule has 0 bridgehead atoms. The van der Waals surface area contributed by atoms with Crippen molar-refractivity contribution in [2.24, 2.45) is 0 Å². The average Bonchev–Trinajstić information content (AvgIpc) is 2.73. The molecular weight excluding hydrogens is 372 g/mol. The summed E-state index contributed by atoms with van der Waals surface area (Å²) in [6.07, 6.45) is 0. The molecule has 0 fully saturated rings. The third kappa shape index (κ3) is 4.23. The number of carbonyl (C=O) groups excluding carboxylic acids is 1. The molecule has 0 heterocycles. The van der Waals surface area contributed by atoms with E-state index in [2.05, 4.69) is 4.72 Å². The van der Waals surface area contributed by atoms with E-state index in [1.54, 1.807) is 54.4 Å². The van der Waals surface area contributed by atoms with Gasteiger partial charge >= 0.3 is 0 Å². The first-order valence-corrected chi connectivity index (χ1v) is 10.4. The number of anilines is 1. The van der Waals surface area contributed by atoms with Crippen molar-refractivity contribution in [1.82, 2.24) is 4.90 Å². The van der Waals surface area contributed by atoms with Gasteiger partial charge in [-0.05, 0) is 36.8 Å². The number of para-hydroxylation sites is 1. The Balaban J connectivity index is 1.89. The molecule has 0 aliphatic rings. The largest absolute Gasteiger partial charge is 0.335 e. The smallest absolute Gasteiger partial charge is 0.261 e. The summed E-state index contributed by atoms with van der Waals surface area (Å²) in [6, 6.07) is 24.2. The number of nitrogens with one attached hydrogen (secondary N) is 1. The van der Waals surface area contributed by atoms with Crippen LogP contribution < -0.4 is 4.72 Å². The molecule has 5 nitrogen and oxygen atoms in total. The van der Waals surface area contributed by atoms with Crippen molar-refractivity contribution in [2.75, 3.05) is 11.8 Å². The summed E-state index contributed by atoms with van der Waals surface area (Å²) in [7, 11) is -2.08. The van der Waals surface area contributed by atoms with Crippen molar-refractivity contribution < 1.29 is 13.2 Å². The van der Waals surface area contributed by atoms with E-state index >= 15 is 0 Å². The molecule has 3 aromatic carbocycles. The van der Waals surface area contributed by atoms with Gasteiger partial charge in [0.2, 0.25) is 0 Å². The normalized spacial score (nSPS) is 12.2. The van der Waals surface area contributed by atoms with Gasteiger partial charge in [-0.3, -0.25) is 9.52 Å². The number of amides is 1. The number of hydrogen-bond acceptors (Lipinski definition) is 3. The van der Waals surface area contributed by atoms with E-state index in [0.717, 1.165) is 5.56 Å². The Kier molecular flexibility index (Phi) is 5.80. The minimum absolute atomic E-state index is 0.142. The molecule has 0 aromatic heterocycles. The third-order valence-electron chi connectivity index (χ3n) is 4.64. The van der Waals surface area contributed by atoms with Gasteiger partial charge in [0.25, 0.3) is 15.9 Å². The molecule has 3 aromatic rings. The van der Waals surface area contributed by atoms with Crippen LogP contribution in [0.2, 0.25) is 0 Å². The molecular formula is C22H22N2O3S. The lowest BCUT2D eigenvalue weighted by Gasteiger charge is -2.26. The molecule has 0 saturated carbocycles. The van der Waals surface area contributed by atoms with Gasteiger partial charge < -0.3 is 4.90 Å². The quantitative estimate of drug-likeness (QED) is 0.677. The van der Waals surface area contributed by atoms with Crippen LogP contribution in [-0.2, 0) is 10.0 Å². The van der Waals surface area contributed by atoms with Crippen LogP contribution in [0.5, 0.6) is 0 Å². The maximum Gasteiger partial charge on any atom is 0.261 e. The molecule has 144 valence electrons. The number of carbonyl (C=O) groups is 1. The van der Waals surface area contributed by atoms with E-state index in [9.17, 15) is 13.2 Å². The van der Waals surface area contributed by atoms with Crippen LogP contribution in [0.3, 0.4) is 0 Å². The van der Waals surface area contributed by atoms with Crippen LogP contribution in [0.4, 0.5) is 5.69 Å². The maximum absolute atomic E-state index is 13.1. The minimum atomic E-state index is -3.79. The van der Waals surface area contributed by atoms with Crippen LogP contribution in [0, 0.1) is 0 Å². The zero-order valence-corrected chi connectivity index (χ0v) is 16.6. The van der Waals surface area contributed by atoms with Gasteiger partial charge in [0, 0.05) is 7.05 Å². The summed E-state index contributed by atoms with van der Waals surface area (Å²) in [5.41, 5.74) is 1.55. The van der Waals surface area contributed by atoms with Gasteiger partial charge in [-0.25, -0.2) is 8.42 Å². The van der Waals surface area contributed by atoms with Crippen LogP contribution in [0.15, 0.2) is 89.8 Å². The zero-order chi connectivity index (χ0) is 20.1. The standard InChI is InChI=1S/C22H22N2O3S/c1-17(18-11-5-3-6-12-18)24(2)22(25)20-15-9-10-16-21(20)23-28(26,27)19-13-7-4-8-14-19/h3-17,23H,1-2H3. The summed E-state index contributed by atoms with van der Waals surface area (Å²) in [6.45, 7) is 1.93. The number of nitrogens with zero attached hydrogens (tertiary/aromatic N) is 1. The first-order valence-electron chi connectivity index (χ1n) is 8.89. The van der Waals surface area contributed by atoms with E-state index in [-0.39, 0.29) is 22.5 Å². The molecule has 28 heavy (non-hydrogen) atoms. The van der Waals surface area contributed by atoms with Gasteiger partial charge in [0.15, 0.2) is 0 Å². The summed E-state index contributed by atoms with van der Waals surface area (Å²) < 4.78 is 27.9. The fourth-order valence-corrected chi connectivity index (χ4v) is 3.98. The highest BCUT2D eigenvalue weighted by atomic mass is 32.2. The minimum Gasteiger partial charge on any atom is -0.335 e. The predicted molar refractivity (Wildman–Crippen MR) is 111 cm³/mol. The first kappa shape index (κ1) is 19.6. The second-order valence-corrected chi connectivity index (χ2v) is 8.15. The van der Waals surface area contributed by atoms with Crippen LogP contribution in [0.25, 0.3) is 0 Å². The molecule has 3 rings (SSSR count). The molecule has 1 atom stereocenters. The van der Waals surface area contributed by atoms with Crippen LogP contribution in [0.1, 0.15) is 28.9 Å². The van der Waals surface area contributed by atoms with Gasteiger partial charge in [-0.1, -0.05) is 60.7 Å². The highest BCUT2D eigenvalue weighted by Gasteiger charge is 2.23. The Hall–Kier alpha value is -3.12. The summed E-state index contributed by atoms with van der Waals surface area (Å²) in [5, 5.41) is 0. The molecule has 1 N–H and O–H groups in total. The SMILES string of the molecule is CC(c1ccccc1)N(C)C(=O)c1ccccc1NS(=O)(=O)c1ccccc1. The fourth-order valence-electron chi connectivity index (χ4n) is 2.88. The number of sulfonamides is 1. The monoisotopic (exact) mass is 394 g/mol. The zero-order valence-electron chi connectivity index (χ0n) is 15.7. The molecule has 0 radical (unpaired) electrons. The van der Waals surface area contributed by atoms with E-state index in [1.165, 1.54) is 12.1 Å². The highest BCUT2D eigenvalue weighted by molar-refractivity contribution is 7.92. The first-order chi connectivity index (χ1) is 13.4. The summed E-state index contributed by atoms with van der Waals surface area (Å²) >= 11 is 0. The van der Waals surface area contributed by atoms with Gasteiger partial charge in [0.05, 0.1) is 22.2 Å². The van der Waals surface area contributed by atoms with Crippen molar-refractivity contribution in [3.05, 3.63) is 96.1 Å². The van der Waals surface area contributed by atoms with E-state index < -0.39 is 10.0 Å². The lowest BCUT2D eigenvalue weighted by atomic mass is 10.1. The molecule has 0 saturated heterocycles. The predicted octanol–water partition coefficient (Wildman–Crippen LogP) is 4.32. The molecule has 1 amide bonds. The van der Waals surface area contributed by atoms with Crippen molar-refractivity contribution in [3.8, 4) is 0 Å². The summed E-state index contributed by atoms with van der Waals surface area (Å²) in [5.74, 6) is -0.261. The molecule has 0 aliphatic carbocycles. The van der Waals surface area contributed by atoms with Crippen LogP contribution in [-0.4, -0.2) is 26.3 Å². The van der Waals surface area contributed by atoms with E-state index in [4.69, 9.17) is 0 Å². The Morgan fingerprint density at radius 2 is 1.39 bits per heavy atom. The van der Waals surface area contributed by atoms with E-state index in [1.807, 2.05) is 37.3 Å². The van der Waals surface area contributed by atoms with Crippen molar-refractivity contribution in [1.29, 1.82) is 0 Å². The Bertz CT molecular complexity index is 1050. The van der Waals surface area contributed by atoms with Gasteiger partial charge in [-0.2, -0.15) is 0 Å². The highest BCUT2D eigenvalue weighted by Crippen LogP contribution is 2.25. The van der Waals surface area contributed by atoms with Crippen molar-refractivity contribution >= 4 is 21.6 Å². The maximum atomic E-state index is 13.1. The summed E-state index contributed by atoms with van der Waals surface area (Å²) in [4.78, 5) is 14.8. The van der Waals surface area contributed by atoms with Crippen molar-refractivity contribution in [3.63, 3.8) is 0 Å². The third-order valence-corrected chi connectivity index (χ3v) is 6.02. The Morgan fingerprint density at radius 1 is 0.857 bits per heavy atom.